The molecule has 144 valence electrons. The third-order valence-corrected chi connectivity index (χ3v) is 4.98. The molecule has 3 aromatic rings. The number of carbonyl (C=O) groups is 1. The van der Waals surface area contributed by atoms with Gasteiger partial charge < -0.3 is 5.32 Å². The molecule has 5 nitrogen and oxygen atoms in total. The number of hydrogen-bond acceptors (Lipinski definition) is 3. The molecule has 1 aromatic heterocycles. The van der Waals surface area contributed by atoms with Crippen molar-refractivity contribution >= 4 is 34.8 Å². The maximum Gasteiger partial charge on any atom is 0.266 e. The van der Waals surface area contributed by atoms with E-state index in [9.17, 15) is 9.59 Å². The van der Waals surface area contributed by atoms with E-state index in [-0.39, 0.29) is 17.9 Å². The van der Waals surface area contributed by atoms with Gasteiger partial charge in [-0.2, -0.15) is 5.10 Å². The van der Waals surface area contributed by atoms with E-state index < -0.39 is 0 Å². The van der Waals surface area contributed by atoms with Gasteiger partial charge in [-0.05, 0) is 49.2 Å². The highest BCUT2D eigenvalue weighted by molar-refractivity contribution is 6.31. The topological polar surface area (TPSA) is 64.0 Å². The Morgan fingerprint density at radius 1 is 1.07 bits per heavy atom. The number of halogens is 2. The van der Waals surface area contributed by atoms with Crippen molar-refractivity contribution in [1.29, 1.82) is 0 Å². The van der Waals surface area contributed by atoms with Gasteiger partial charge in [-0.15, -0.1) is 0 Å². The summed E-state index contributed by atoms with van der Waals surface area (Å²) in [6.07, 6.45) is 0.758. The number of benzene rings is 2. The molecule has 0 fully saturated rings. The van der Waals surface area contributed by atoms with Crippen LogP contribution in [0.5, 0.6) is 0 Å². The Kier molecular flexibility index (Phi) is 6.49. The summed E-state index contributed by atoms with van der Waals surface area (Å²) in [6, 6.07) is 15.8. The molecule has 7 heteroatoms. The summed E-state index contributed by atoms with van der Waals surface area (Å²) in [5, 5.41) is 8.48. The molecular formula is C21H19Cl2N3O2. The Morgan fingerprint density at radius 3 is 2.57 bits per heavy atom. The van der Waals surface area contributed by atoms with Crippen LogP contribution in [-0.2, 0) is 11.3 Å². The second-order valence-corrected chi connectivity index (χ2v) is 7.19. The minimum absolute atomic E-state index is 0.132. The van der Waals surface area contributed by atoms with Crippen LogP contribution in [0.3, 0.4) is 0 Å². The van der Waals surface area contributed by atoms with Crippen molar-refractivity contribution in [3.63, 3.8) is 0 Å². The van der Waals surface area contributed by atoms with Crippen LogP contribution in [0.15, 0.2) is 59.4 Å². The third-order valence-electron chi connectivity index (χ3n) is 4.32. The zero-order valence-electron chi connectivity index (χ0n) is 15.3. The molecule has 0 unspecified atom stereocenters. The van der Waals surface area contributed by atoms with E-state index in [1.54, 1.807) is 36.4 Å². The van der Waals surface area contributed by atoms with E-state index in [1.807, 2.05) is 19.1 Å². The minimum Gasteiger partial charge on any atom is -0.326 e. The average molecular weight is 416 g/mol. The van der Waals surface area contributed by atoms with E-state index in [2.05, 4.69) is 10.4 Å². The maximum atomic E-state index is 12.2. The van der Waals surface area contributed by atoms with Crippen molar-refractivity contribution in [3.05, 3.63) is 80.6 Å². The van der Waals surface area contributed by atoms with Crippen molar-refractivity contribution < 1.29 is 4.79 Å². The lowest BCUT2D eigenvalue weighted by Gasteiger charge is -2.10. The molecule has 0 saturated carbocycles. The summed E-state index contributed by atoms with van der Waals surface area (Å²) >= 11 is 12.0. The van der Waals surface area contributed by atoms with Gasteiger partial charge in [-0.1, -0.05) is 41.4 Å². The summed E-state index contributed by atoms with van der Waals surface area (Å²) in [7, 11) is 0. The number of carbonyl (C=O) groups excluding carboxylic acids is 1. The predicted octanol–water partition coefficient (Wildman–Crippen LogP) is 4.94. The third kappa shape index (κ3) is 5.00. The number of nitrogens with one attached hydrogen (secondary N) is 1. The van der Waals surface area contributed by atoms with Crippen LogP contribution in [0.2, 0.25) is 10.0 Å². The van der Waals surface area contributed by atoms with Gasteiger partial charge >= 0.3 is 0 Å². The van der Waals surface area contributed by atoms with E-state index in [1.165, 1.54) is 10.7 Å². The molecule has 0 atom stereocenters. The summed E-state index contributed by atoms with van der Waals surface area (Å²) < 4.78 is 1.38. The fourth-order valence-corrected chi connectivity index (χ4v) is 3.03. The normalized spacial score (nSPS) is 10.7. The minimum atomic E-state index is -0.205. The number of hydrogen-bond donors (Lipinski definition) is 1. The van der Waals surface area contributed by atoms with Crippen molar-refractivity contribution in [3.8, 4) is 11.3 Å². The molecule has 0 aliphatic rings. The van der Waals surface area contributed by atoms with Crippen LogP contribution in [0.4, 0.5) is 5.69 Å². The monoisotopic (exact) mass is 415 g/mol. The van der Waals surface area contributed by atoms with Crippen molar-refractivity contribution in [2.45, 2.75) is 26.3 Å². The largest absolute Gasteiger partial charge is 0.326 e. The van der Waals surface area contributed by atoms with E-state index in [4.69, 9.17) is 23.2 Å². The standard InChI is InChI=1S/C21H19Cl2N3O2/c1-14-17(23)4-2-5-18(14)24-20(27)6-3-13-26-21(28)12-11-19(25-26)15-7-9-16(22)10-8-15/h2,4-5,7-12H,3,6,13H2,1H3,(H,24,27). The molecule has 1 N–H and O–H groups in total. The smallest absolute Gasteiger partial charge is 0.266 e. The highest BCUT2D eigenvalue weighted by Crippen LogP contribution is 2.23. The van der Waals surface area contributed by atoms with Gasteiger partial charge in [0.2, 0.25) is 5.91 Å². The van der Waals surface area contributed by atoms with Crippen molar-refractivity contribution in [2.75, 3.05) is 5.32 Å². The first-order valence-electron chi connectivity index (χ1n) is 8.83. The highest BCUT2D eigenvalue weighted by Gasteiger charge is 2.08. The van der Waals surface area contributed by atoms with Gasteiger partial charge in [0.1, 0.15) is 0 Å². The fraction of sp³-hybridized carbons (Fsp3) is 0.190. The first-order chi connectivity index (χ1) is 13.4. The fourth-order valence-electron chi connectivity index (χ4n) is 2.73. The van der Waals surface area contributed by atoms with Gasteiger partial charge in [-0.25, -0.2) is 4.68 Å². The average Bonchev–Trinajstić information content (AvgIpc) is 2.68. The van der Waals surface area contributed by atoms with Crippen LogP contribution >= 0.6 is 23.2 Å². The first kappa shape index (κ1) is 20.1. The van der Waals surface area contributed by atoms with E-state index in [0.717, 1.165) is 11.1 Å². The van der Waals surface area contributed by atoms with Gasteiger partial charge in [0, 0.05) is 40.3 Å². The maximum absolute atomic E-state index is 12.2. The molecule has 0 bridgehead atoms. The summed E-state index contributed by atoms with van der Waals surface area (Å²) in [5.41, 5.74) is 2.86. The van der Waals surface area contributed by atoms with E-state index >= 15 is 0 Å². The van der Waals surface area contributed by atoms with Crippen molar-refractivity contribution in [1.82, 2.24) is 9.78 Å². The second-order valence-electron chi connectivity index (χ2n) is 6.35. The highest BCUT2D eigenvalue weighted by atomic mass is 35.5. The zero-order chi connectivity index (χ0) is 20.1. The van der Waals surface area contributed by atoms with Crippen LogP contribution < -0.4 is 10.9 Å². The lowest BCUT2D eigenvalue weighted by molar-refractivity contribution is -0.116. The second kappa shape index (κ2) is 9.04. The molecule has 0 aliphatic heterocycles. The molecule has 0 saturated heterocycles. The lowest BCUT2D eigenvalue weighted by atomic mass is 10.1. The van der Waals surface area contributed by atoms with Gasteiger partial charge in [0.05, 0.1) is 5.69 Å². The number of aromatic nitrogens is 2. The molecule has 1 heterocycles. The molecule has 3 rings (SSSR count). The predicted molar refractivity (Wildman–Crippen MR) is 113 cm³/mol. The first-order valence-corrected chi connectivity index (χ1v) is 9.59. The Balaban J connectivity index is 1.62. The molecular weight excluding hydrogens is 397 g/mol. The summed E-state index contributed by atoms with van der Waals surface area (Å²) in [4.78, 5) is 24.3. The molecule has 0 spiro atoms. The number of anilines is 1. The summed E-state index contributed by atoms with van der Waals surface area (Å²) in [5.74, 6) is -0.132. The van der Waals surface area contributed by atoms with Crippen molar-refractivity contribution in [2.24, 2.45) is 0 Å². The Hall–Kier alpha value is -2.63. The number of nitrogens with zero attached hydrogens (tertiary/aromatic N) is 2. The molecule has 2 aromatic carbocycles. The molecule has 1 amide bonds. The summed E-state index contributed by atoms with van der Waals surface area (Å²) in [6.45, 7) is 2.20. The van der Waals surface area contributed by atoms with Crippen LogP contribution in [0.1, 0.15) is 18.4 Å². The van der Waals surface area contributed by atoms with Gasteiger partial charge in [-0.3, -0.25) is 9.59 Å². The Labute approximate surface area is 172 Å². The SMILES string of the molecule is Cc1c(Cl)cccc1NC(=O)CCCn1nc(-c2ccc(Cl)cc2)ccc1=O. The molecule has 0 aliphatic carbocycles. The van der Waals surface area contributed by atoms with Crippen LogP contribution in [0.25, 0.3) is 11.3 Å². The molecule has 0 radical (unpaired) electrons. The number of rotatable bonds is 6. The Bertz CT molecular complexity index is 1050. The van der Waals surface area contributed by atoms with Crippen LogP contribution in [-0.4, -0.2) is 15.7 Å². The zero-order valence-corrected chi connectivity index (χ0v) is 16.8. The van der Waals surface area contributed by atoms with Crippen LogP contribution in [0, 0.1) is 6.92 Å². The Morgan fingerprint density at radius 2 is 1.82 bits per heavy atom. The van der Waals surface area contributed by atoms with E-state index in [0.29, 0.717) is 34.4 Å². The number of amides is 1. The quantitative estimate of drug-likeness (QED) is 0.619. The lowest BCUT2D eigenvalue weighted by Crippen LogP contribution is -2.23. The van der Waals surface area contributed by atoms with Gasteiger partial charge in [0.15, 0.2) is 0 Å². The molecule has 28 heavy (non-hydrogen) atoms. The van der Waals surface area contributed by atoms with Gasteiger partial charge in [0.25, 0.3) is 5.56 Å². The number of aryl methyl sites for hydroxylation is 1.